The topological polar surface area (TPSA) is 71.5 Å². The number of amides is 2. The lowest BCUT2D eigenvalue weighted by atomic mass is 10.0. The van der Waals surface area contributed by atoms with Crippen molar-refractivity contribution in [2.45, 2.75) is 26.4 Å². The number of carbonyl (C=O) groups is 2. The van der Waals surface area contributed by atoms with Crippen LogP contribution in [0.3, 0.4) is 0 Å². The van der Waals surface area contributed by atoms with E-state index in [0.29, 0.717) is 49.8 Å². The zero-order valence-corrected chi connectivity index (χ0v) is 18.6. The largest absolute Gasteiger partial charge is 0.368 e. The van der Waals surface area contributed by atoms with Gasteiger partial charge in [0.2, 0.25) is 5.91 Å². The number of hydrogen-bond donors (Lipinski definition) is 1. The maximum Gasteiger partial charge on any atom is 0.252 e. The van der Waals surface area contributed by atoms with Crippen molar-refractivity contribution >= 4 is 22.7 Å². The number of para-hydroxylation sites is 1. The monoisotopic (exact) mass is 431 g/mol. The molecule has 0 unspecified atom stereocenters. The van der Waals surface area contributed by atoms with Crippen molar-refractivity contribution in [2.75, 3.05) is 26.2 Å². The van der Waals surface area contributed by atoms with Gasteiger partial charge < -0.3 is 15.0 Å². The van der Waals surface area contributed by atoms with Gasteiger partial charge >= 0.3 is 0 Å². The van der Waals surface area contributed by atoms with E-state index >= 15 is 0 Å². The van der Waals surface area contributed by atoms with E-state index < -0.39 is 0 Å². The lowest BCUT2D eigenvalue weighted by Gasteiger charge is -2.33. The Morgan fingerprint density at radius 1 is 1.12 bits per heavy atom. The van der Waals surface area contributed by atoms with Gasteiger partial charge in [-0.3, -0.25) is 9.59 Å². The zero-order chi connectivity index (χ0) is 22.5. The second-order valence-electron chi connectivity index (χ2n) is 8.58. The van der Waals surface area contributed by atoms with E-state index in [1.165, 1.54) is 0 Å². The molecule has 6 nitrogen and oxygen atoms in total. The number of nitrogens with zero attached hydrogens (tertiary/aromatic N) is 2. The van der Waals surface area contributed by atoms with Gasteiger partial charge in [0.05, 0.1) is 36.3 Å². The molecule has 2 heterocycles. The zero-order valence-electron chi connectivity index (χ0n) is 18.6. The quantitative estimate of drug-likeness (QED) is 0.645. The number of ether oxygens (including phenoxy) is 1. The summed E-state index contributed by atoms with van der Waals surface area (Å²) in [7, 11) is 0. The molecule has 32 heavy (non-hydrogen) atoms. The Kier molecular flexibility index (Phi) is 6.81. The molecule has 4 rings (SSSR count). The minimum absolute atomic E-state index is 0.0696. The van der Waals surface area contributed by atoms with Gasteiger partial charge in [-0.1, -0.05) is 62.4 Å². The Bertz CT molecular complexity index is 1100. The van der Waals surface area contributed by atoms with Crippen molar-refractivity contribution in [1.29, 1.82) is 0 Å². The number of aromatic nitrogens is 1. The first-order valence-corrected chi connectivity index (χ1v) is 11.1. The smallest absolute Gasteiger partial charge is 0.252 e. The van der Waals surface area contributed by atoms with Crippen LogP contribution in [0, 0.1) is 5.92 Å². The summed E-state index contributed by atoms with van der Waals surface area (Å²) in [6, 6.07) is 19.2. The molecule has 0 saturated carbocycles. The van der Waals surface area contributed by atoms with E-state index in [4.69, 9.17) is 9.72 Å². The van der Waals surface area contributed by atoms with Crippen molar-refractivity contribution in [3.8, 4) is 0 Å². The van der Waals surface area contributed by atoms with E-state index in [2.05, 4.69) is 19.2 Å². The number of morpholine rings is 1. The minimum Gasteiger partial charge on any atom is -0.368 e. The van der Waals surface area contributed by atoms with Crippen LogP contribution >= 0.6 is 0 Å². The number of carbonyl (C=O) groups excluding carboxylic acids is 2. The van der Waals surface area contributed by atoms with Crippen LogP contribution in [0.1, 0.15) is 41.6 Å². The van der Waals surface area contributed by atoms with Gasteiger partial charge in [0.25, 0.3) is 5.91 Å². The van der Waals surface area contributed by atoms with Crippen LogP contribution in [0.2, 0.25) is 0 Å². The van der Waals surface area contributed by atoms with Crippen molar-refractivity contribution in [1.82, 2.24) is 15.2 Å². The maximum atomic E-state index is 12.9. The van der Waals surface area contributed by atoms with Crippen molar-refractivity contribution in [2.24, 2.45) is 5.92 Å². The van der Waals surface area contributed by atoms with Gasteiger partial charge in [-0.05, 0) is 23.6 Å². The maximum absolute atomic E-state index is 12.9. The molecule has 1 aliphatic heterocycles. The molecule has 0 bridgehead atoms. The fourth-order valence-electron chi connectivity index (χ4n) is 3.88. The molecule has 2 amide bonds. The van der Waals surface area contributed by atoms with Crippen molar-refractivity contribution in [3.05, 3.63) is 77.5 Å². The number of fused-ring (bicyclic) bond motifs is 1. The van der Waals surface area contributed by atoms with E-state index in [0.717, 1.165) is 16.5 Å². The molecular formula is C26H29N3O3. The van der Waals surface area contributed by atoms with Gasteiger partial charge in [-0.15, -0.1) is 0 Å². The predicted octanol–water partition coefficient (Wildman–Crippen LogP) is 3.76. The van der Waals surface area contributed by atoms with Crippen LogP contribution in [0.4, 0.5) is 0 Å². The number of benzene rings is 2. The highest BCUT2D eigenvalue weighted by molar-refractivity contribution is 6.06. The van der Waals surface area contributed by atoms with Gasteiger partial charge in [0.1, 0.15) is 6.10 Å². The molecule has 1 aliphatic rings. The third kappa shape index (κ3) is 5.14. The first kappa shape index (κ1) is 22.0. The number of nitrogens with one attached hydrogen (secondary N) is 1. The standard InChI is InChI=1S/C26H29N3O3/c1-18(2)16-27-26(31)21-15-23(28-22-11-7-6-10-20(21)22)24-17-29(12-13-32-24)25(30)14-19-8-4-3-5-9-19/h3-11,15,18,24H,12-14,16-17H2,1-2H3,(H,27,31)/t24-/m0/s1. The SMILES string of the molecule is CC(C)CNC(=O)c1cc([C@@H]2CN(C(=O)Cc3ccccc3)CCO2)nc2ccccc12. The lowest BCUT2D eigenvalue weighted by Crippen LogP contribution is -2.43. The molecule has 1 atom stereocenters. The van der Waals surface area contributed by atoms with E-state index in [9.17, 15) is 9.59 Å². The molecule has 1 aromatic heterocycles. The van der Waals surface area contributed by atoms with Crippen LogP contribution in [-0.2, 0) is 16.0 Å². The summed E-state index contributed by atoms with van der Waals surface area (Å²) in [4.78, 5) is 32.4. The van der Waals surface area contributed by atoms with Gasteiger partial charge in [-0.2, -0.15) is 0 Å². The lowest BCUT2D eigenvalue weighted by molar-refractivity contribution is -0.138. The normalized spacial score (nSPS) is 16.3. The Morgan fingerprint density at radius 3 is 2.66 bits per heavy atom. The molecule has 1 N–H and O–H groups in total. The predicted molar refractivity (Wildman–Crippen MR) is 124 cm³/mol. The van der Waals surface area contributed by atoms with Crippen LogP contribution < -0.4 is 5.32 Å². The highest BCUT2D eigenvalue weighted by Crippen LogP contribution is 2.26. The fraction of sp³-hybridized carbons (Fsp3) is 0.346. The number of pyridine rings is 1. The first-order valence-electron chi connectivity index (χ1n) is 11.1. The highest BCUT2D eigenvalue weighted by atomic mass is 16.5. The Labute approximate surface area is 188 Å². The minimum atomic E-state index is -0.371. The summed E-state index contributed by atoms with van der Waals surface area (Å²) in [6.45, 7) is 6.14. The second kappa shape index (κ2) is 9.92. The molecule has 0 aliphatic carbocycles. The number of hydrogen-bond acceptors (Lipinski definition) is 4. The van der Waals surface area contributed by atoms with E-state index in [-0.39, 0.29) is 17.9 Å². The van der Waals surface area contributed by atoms with E-state index in [1.54, 1.807) is 0 Å². The molecule has 0 spiro atoms. The molecule has 1 fully saturated rings. The summed E-state index contributed by atoms with van der Waals surface area (Å²) in [6.07, 6.45) is -0.00796. The average molecular weight is 432 g/mol. The molecule has 3 aromatic rings. The third-order valence-corrected chi connectivity index (χ3v) is 5.60. The molecular weight excluding hydrogens is 402 g/mol. The number of rotatable bonds is 6. The summed E-state index contributed by atoms with van der Waals surface area (Å²) in [5.74, 6) is 0.309. The van der Waals surface area contributed by atoms with E-state index in [1.807, 2.05) is 65.6 Å². The first-order chi connectivity index (χ1) is 15.5. The average Bonchev–Trinajstić information content (AvgIpc) is 2.82. The van der Waals surface area contributed by atoms with Crippen molar-refractivity contribution < 1.29 is 14.3 Å². The third-order valence-electron chi connectivity index (χ3n) is 5.60. The molecule has 0 radical (unpaired) electrons. The molecule has 1 saturated heterocycles. The highest BCUT2D eigenvalue weighted by Gasteiger charge is 2.27. The van der Waals surface area contributed by atoms with Crippen LogP contribution in [-0.4, -0.2) is 47.9 Å². The summed E-state index contributed by atoms with van der Waals surface area (Å²) in [5.41, 5.74) is 3.00. The van der Waals surface area contributed by atoms with Crippen LogP contribution in [0.15, 0.2) is 60.7 Å². The molecule has 6 heteroatoms. The van der Waals surface area contributed by atoms with Gasteiger partial charge in [0.15, 0.2) is 0 Å². The van der Waals surface area contributed by atoms with Gasteiger partial charge in [0, 0.05) is 18.5 Å². The Balaban J connectivity index is 1.57. The van der Waals surface area contributed by atoms with Crippen LogP contribution in [0.25, 0.3) is 10.9 Å². The summed E-state index contributed by atoms with van der Waals surface area (Å²) < 4.78 is 5.99. The Hall–Kier alpha value is -3.25. The molecule has 2 aromatic carbocycles. The summed E-state index contributed by atoms with van der Waals surface area (Å²) in [5, 5.41) is 3.81. The second-order valence-corrected chi connectivity index (χ2v) is 8.58. The fourth-order valence-corrected chi connectivity index (χ4v) is 3.88. The summed E-state index contributed by atoms with van der Waals surface area (Å²) >= 11 is 0. The van der Waals surface area contributed by atoms with Crippen LogP contribution in [0.5, 0.6) is 0 Å². The van der Waals surface area contributed by atoms with Crippen molar-refractivity contribution in [3.63, 3.8) is 0 Å². The van der Waals surface area contributed by atoms with Gasteiger partial charge in [-0.25, -0.2) is 4.98 Å². The Morgan fingerprint density at radius 2 is 1.88 bits per heavy atom. The molecule has 166 valence electrons.